The molecule has 1 aromatic carbocycles. The van der Waals surface area contributed by atoms with E-state index >= 15 is 0 Å². The van der Waals surface area contributed by atoms with Gasteiger partial charge in [-0.15, -0.1) is 0 Å². The second kappa shape index (κ2) is 7.04. The van der Waals surface area contributed by atoms with Gasteiger partial charge in [-0.3, -0.25) is 4.79 Å². The monoisotopic (exact) mass is 308 g/mol. The average molecular weight is 308 g/mol. The molecule has 1 aliphatic heterocycles. The van der Waals surface area contributed by atoms with Crippen LogP contribution < -0.4 is 10.6 Å². The predicted molar refractivity (Wildman–Crippen MR) is 76.3 cm³/mol. The van der Waals surface area contributed by atoms with Crippen molar-refractivity contribution in [3.05, 3.63) is 47.9 Å². The van der Waals surface area contributed by atoms with Gasteiger partial charge in [-0.05, 0) is 17.7 Å². The highest BCUT2D eigenvalue weighted by Gasteiger charge is 2.38. The molecule has 2 amide bonds. The molecule has 0 unspecified atom stereocenters. The number of hydrogen-bond donors (Lipinski definition) is 2. The van der Waals surface area contributed by atoms with Gasteiger partial charge in [0, 0.05) is 12.8 Å². The molecule has 1 heterocycles. The molecule has 22 heavy (non-hydrogen) atoms. The summed E-state index contributed by atoms with van der Waals surface area (Å²) >= 11 is 0. The average Bonchev–Trinajstić information content (AvgIpc) is 2.46. The zero-order chi connectivity index (χ0) is 16.1. The van der Waals surface area contributed by atoms with Crippen LogP contribution in [0.5, 0.6) is 0 Å². The van der Waals surface area contributed by atoms with Gasteiger partial charge >= 0.3 is 12.0 Å². The van der Waals surface area contributed by atoms with Crippen LogP contribution in [0.1, 0.15) is 11.6 Å². The number of nitrogens with one attached hydrogen (secondary N) is 2. The number of hydrogen-bond acceptors (Lipinski definition) is 4. The summed E-state index contributed by atoms with van der Waals surface area (Å²) in [6, 6.07) is 4.44. The van der Waals surface area contributed by atoms with E-state index in [1.807, 2.05) is 0 Å². The maximum atomic E-state index is 13.4. The van der Waals surface area contributed by atoms with Crippen LogP contribution in [0.4, 0.5) is 9.18 Å². The van der Waals surface area contributed by atoms with Gasteiger partial charge in [0.2, 0.25) is 0 Å². The number of urea groups is 1. The first-order valence-electron chi connectivity index (χ1n) is 6.70. The number of carbonyl (C=O) groups excluding carboxylic acids is 2. The number of methoxy groups -OCH3 is 1. The fraction of sp³-hybridized carbons (Fsp3) is 0.333. The van der Waals surface area contributed by atoms with Crippen molar-refractivity contribution in [2.75, 3.05) is 20.3 Å². The summed E-state index contributed by atoms with van der Waals surface area (Å²) in [6.45, 7) is 4.04. The van der Waals surface area contributed by atoms with Gasteiger partial charge in [0.1, 0.15) is 18.3 Å². The van der Waals surface area contributed by atoms with Crippen molar-refractivity contribution in [2.45, 2.75) is 6.04 Å². The third-order valence-electron chi connectivity index (χ3n) is 3.26. The Balaban J connectivity index is 2.24. The molecule has 0 spiro atoms. The lowest BCUT2D eigenvalue weighted by Gasteiger charge is -2.33. The van der Waals surface area contributed by atoms with Gasteiger partial charge in [0.25, 0.3) is 0 Å². The quantitative estimate of drug-likeness (QED) is 0.638. The highest BCUT2D eigenvalue weighted by molar-refractivity contribution is 5.85. The minimum absolute atomic E-state index is 0.0862. The van der Waals surface area contributed by atoms with Crippen LogP contribution >= 0.6 is 0 Å². The molecule has 0 radical (unpaired) electrons. The van der Waals surface area contributed by atoms with Gasteiger partial charge in [-0.1, -0.05) is 18.7 Å². The van der Waals surface area contributed by atoms with Crippen LogP contribution in [0.2, 0.25) is 0 Å². The molecule has 1 saturated heterocycles. The molecular formula is C15H17FN2O4. The summed E-state index contributed by atoms with van der Waals surface area (Å²) in [5.41, 5.74) is 0.671. The standard InChI is InChI=1S/C15H17FN2O4/c1-9-12(14(19)22-7-6-21-2)13(18-15(20)17-9)10-4-3-5-11(16)8-10/h3-5,8,12-13H,1,6-7H2,2H3,(H2,17,18,20)/t12-,13+/m0/s1. The van der Waals surface area contributed by atoms with Crippen molar-refractivity contribution < 1.29 is 23.5 Å². The molecule has 0 aromatic heterocycles. The van der Waals surface area contributed by atoms with Gasteiger partial charge in [0.15, 0.2) is 0 Å². The Kier molecular flexibility index (Phi) is 5.11. The minimum Gasteiger partial charge on any atom is -0.463 e. The molecule has 0 bridgehead atoms. The lowest BCUT2D eigenvalue weighted by molar-refractivity contribution is -0.149. The van der Waals surface area contributed by atoms with E-state index in [0.717, 1.165) is 0 Å². The zero-order valence-corrected chi connectivity index (χ0v) is 12.1. The van der Waals surface area contributed by atoms with E-state index in [1.165, 1.54) is 25.3 Å². The Morgan fingerprint density at radius 2 is 2.18 bits per heavy atom. The number of carbonyl (C=O) groups is 2. The van der Waals surface area contributed by atoms with E-state index in [4.69, 9.17) is 9.47 Å². The SMILES string of the molecule is C=C1NC(=O)N[C@H](c2cccc(F)c2)[C@H]1C(=O)OCCOC. The van der Waals surface area contributed by atoms with Gasteiger partial charge in [0.05, 0.1) is 12.6 Å². The van der Waals surface area contributed by atoms with Crippen molar-refractivity contribution in [1.29, 1.82) is 0 Å². The smallest absolute Gasteiger partial charge is 0.319 e. The van der Waals surface area contributed by atoms with Crippen LogP contribution in [0.3, 0.4) is 0 Å². The molecule has 6 nitrogen and oxygen atoms in total. The van der Waals surface area contributed by atoms with Crippen LogP contribution in [0, 0.1) is 11.7 Å². The summed E-state index contributed by atoms with van der Waals surface area (Å²) in [4.78, 5) is 23.9. The van der Waals surface area contributed by atoms with E-state index in [-0.39, 0.29) is 18.9 Å². The van der Waals surface area contributed by atoms with E-state index in [0.29, 0.717) is 5.56 Å². The summed E-state index contributed by atoms with van der Waals surface area (Å²) in [5, 5.41) is 5.05. The first-order chi connectivity index (χ1) is 10.5. The first-order valence-corrected chi connectivity index (χ1v) is 6.70. The normalized spacial score (nSPS) is 21.0. The molecule has 0 aliphatic carbocycles. The van der Waals surface area contributed by atoms with Gasteiger partial charge in [-0.25, -0.2) is 9.18 Å². The molecule has 2 rings (SSSR count). The maximum Gasteiger partial charge on any atom is 0.319 e. The number of rotatable bonds is 5. The molecule has 2 N–H and O–H groups in total. The molecule has 118 valence electrons. The summed E-state index contributed by atoms with van der Waals surface area (Å²) < 4.78 is 23.3. The summed E-state index contributed by atoms with van der Waals surface area (Å²) in [7, 11) is 1.49. The second-order valence-corrected chi connectivity index (χ2v) is 4.79. The van der Waals surface area contributed by atoms with E-state index in [1.54, 1.807) is 6.07 Å². The number of ether oxygens (including phenoxy) is 2. The molecular weight excluding hydrogens is 291 g/mol. The largest absolute Gasteiger partial charge is 0.463 e. The molecule has 0 saturated carbocycles. The molecule has 1 aromatic rings. The lowest BCUT2D eigenvalue weighted by Crippen LogP contribution is -2.51. The van der Waals surface area contributed by atoms with Crippen molar-refractivity contribution in [3.8, 4) is 0 Å². The maximum absolute atomic E-state index is 13.4. The molecule has 1 fully saturated rings. The van der Waals surface area contributed by atoms with E-state index in [9.17, 15) is 14.0 Å². The van der Waals surface area contributed by atoms with Crippen LogP contribution in [-0.2, 0) is 14.3 Å². The second-order valence-electron chi connectivity index (χ2n) is 4.79. The van der Waals surface area contributed by atoms with Crippen molar-refractivity contribution >= 4 is 12.0 Å². The third-order valence-corrected chi connectivity index (χ3v) is 3.26. The fourth-order valence-corrected chi connectivity index (χ4v) is 2.25. The number of benzene rings is 1. The van der Waals surface area contributed by atoms with Crippen molar-refractivity contribution in [1.82, 2.24) is 10.6 Å². The summed E-state index contributed by atoms with van der Waals surface area (Å²) in [6.07, 6.45) is 0. The Hall–Kier alpha value is -2.41. The number of halogens is 1. The number of esters is 1. The predicted octanol–water partition coefficient (Wildman–Crippen LogP) is 1.50. The van der Waals surface area contributed by atoms with E-state index < -0.39 is 29.8 Å². The topological polar surface area (TPSA) is 76.7 Å². The Morgan fingerprint density at radius 1 is 1.41 bits per heavy atom. The van der Waals surface area contributed by atoms with Crippen molar-refractivity contribution in [3.63, 3.8) is 0 Å². The molecule has 2 atom stereocenters. The Bertz CT molecular complexity index is 591. The van der Waals surface area contributed by atoms with Crippen LogP contribution in [0.25, 0.3) is 0 Å². The highest BCUT2D eigenvalue weighted by Crippen LogP contribution is 2.30. The van der Waals surface area contributed by atoms with Crippen LogP contribution in [0.15, 0.2) is 36.5 Å². The van der Waals surface area contributed by atoms with Crippen LogP contribution in [-0.4, -0.2) is 32.3 Å². The summed E-state index contributed by atoms with van der Waals surface area (Å²) in [5.74, 6) is -1.87. The third kappa shape index (κ3) is 3.62. The lowest BCUT2D eigenvalue weighted by atomic mass is 9.89. The molecule has 1 aliphatic rings. The van der Waals surface area contributed by atoms with E-state index in [2.05, 4.69) is 17.2 Å². The fourth-order valence-electron chi connectivity index (χ4n) is 2.25. The Morgan fingerprint density at radius 3 is 2.86 bits per heavy atom. The first kappa shape index (κ1) is 16.0. The zero-order valence-electron chi connectivity index (χ0n) is 12.1. The number of amides is 2. The molecule has 7 heteroatoms. The van der Waals surface area contributed by atoms with Gasteiger partial charge in [-0.2, -0.15) is 0 Å². The van der Waals surface area contributed by atoms with Crippen molar-refractivity contribution in [2.24, 2.45) is 5.92 Å². The Labute approximate surface area is 127 Å². The minimum atomic E-state index is -0.851. The highest BCUT2D eigenvalue weighted by atomic mass is 19.1. The van der Waals surface area contributed by atoms with Gasteiger partial charge < -0.3 is 20.1 Å².